The summed E-state index contributed by atoms with van der Waals surface area (Å²) in [6.45, 7) is 8.56. The lowest BCUT2D eigenvalue weighted by Crippen LogP contribution is -2.51. The van der Waals surface area contributed by atoms with Gasteiger partial charge in [-0.05, 0) is 63.5 Å². The molecule has 8 nitrogen and oxygen atoms in total. The number of piperidine rings is 1. The summed E-state index contributed by atoms with van der Waals surface area (Å²) < 4.78 is 22.9. The number of nitrogens with zero attached hydrogens (tertiary/aromatic N) is 1. The number of para-hydroxylation sites is 1. The highest BCUT2D eigenvalue weighted by Crippen LogP contribution is 2.50. The van der Waals surface area contributed by atoms with Gasteiger partial charge >= 0.3 is 12.2 Å². The molecule has 2 aromatic carbocycles. The van der Waals surface area contributed by atoms with Gasteiger partial charge in [-0.1, -0.05) is 48.5 Å². The van der Waals surface area contributed by atoms with E-state index < -0.39 is 11.7 Å². The molecule has 0 radical (unpaired) electrons. The highest BCUT2D eigenvalue weighted by atomic mass is 16.6. The number of rotatable bonds is 9. The van der Waals surface area contributed by atoms with Crippen LogP contribution in [0.1, 0.15) is 57.6 Å². The number of likely N-dealkylation sites (tertiary alicyclic amines) is 1. The van der Waals surface area contributed by atoms with Gasteiger partial charge in [0.1, 0.15) is 24.6 Å². The van der Waals surface area contributed by atoms with Gasteiger partial charge in [0.2, 0.25) is 0 Å². The van der Waals surface area contributed by atoms with Crippen LogP contribution in [0.5, 0.6) is 5.75 Å². The lowest BCUT2D eigenvalue weighted by Gasteiger charge is -2.51. The Bertz CT molecular complexity index is 1050. The largest absolute Gasteiger partial charge is 0.491 e. The molecule has 2 amide bonds. The Morgan fingerprint density at radius 2 is 1.66 bits per heavy atom. The zero-order valence-corrected chi connectivity index (χ0v) is 22.7. The first-order chi connectivity index (χ1) is 18.2. The molecule has 2 aromatic rings. The molecule has 2 aliphatic rings. The van der Waals surface area contributed by atoms with Crippen molar-refractivity contribution in [3.8, 4) is 5.75 Å². The van der Waals surface area contributed by atoms with E-state index in [9.17, 15) is 9.59 Å². The van der Waals surface area contributed by atoms with Crippen LogP contribution in [0, 0.1) is 5.41 Å². The number of amides is 2. The van der Waals surface area contributed by atoms with Crippen LogP contribution in [0.2, 0.25) is 0 Å². The van der Waals surface area contributed by atoms with Crippen molar-refractivity contribution >= 4 is 12.2 Å². The molecule has 8 heteroatoms. The van der Waals surface area contributed by atoms with Crippen molar-refractivity contribution in [2.75, 3.05) is 26.2 Å². The van der Waals surface area contributed by atoms with E-state index in [-0.39, 0.29) is 24.2 Å². The minimum atomic E-state index is -0.468. The van der Waals surface area contributed by atoms with E-state index in [0.717, 1.165) is 55.6 Å². The lowest BCUT2D eigenvalue weighted by molar-refractivity contribution is -0.110. The summed E-state index contributed by atoms with van der Waals surface area (Å²) in [4.78, 5) is 26.1. The van der Waals surface area contributed by atoms with Crippen molar-refractivity contribution < 1.29 is 28.5 Å². The molecule has 0 aromatic heterocycles. The third-order valence-corrected chi connectivity index (χ3v) is 7.09. The second-order valence-corrected chi connectivity index (χ2v) is 11.3. The Labute approximate surface area is 225 Å². The molecule has 4 rings (SSSR count). The van der Waals surface area contributed by atoms with Crippen molar-refractivity contribution in [3.05, 3.63) is 65.7 Å². The highest BCUT2D eigenvalue weighted by Gasteiger charge is 2.47. The quantitative estimate of drug-likeness (QED) is 0.424. The molecule has 0 bridgehead atoms. The van der Waals surface area contributed by atoms with Gasteiger partial charge in [0.25, 0.3) is 0 Å². The van der Waals surface area contributed by atoms with Gasteiger partial charge in [-0.15, -0.1) is 0 Å². The number of benzene rings is 2. The number of carbonyl (C=O) groups excluding carboxylic acids is 2. The van der Waals surface area contributed by atoms with E-state index in [0.29, 0.717) is 19.8 Å². The standard InChI is InChI=1S/C30H40N2O6/c1-29(2,3)38-28(34)32-16-13-30(14-17-32)19-25(20-30)36-22-24-11-7-8-12-26(24)35-18-15-31-27(33)37-21-23-9-5-4-6-10-23/h4-12,25H,13-22H2,1-3H3,(H,31,33). The molecule has 38 heavy (non-hydrogen) atoms. The SMILES string of the molecule is CC(C)(C)OC(=O)N1CCC2(CC1)CC(OCc1ccccc1OCCNC(=O)OCc1ccccc1)C2. The molecule has 2 fully saturated rings. The number of hydrogen-bond donors (Lipinski definition) is 1. The van der Waals surface area contributed by atoms with Crippen LogP contribution >= 0.6 is 0 Å². The van der Waals surface area contributed by atoms with Crippen LogP contribution in [0.15, 0.2) is 54.6 Å². The fraction of sp³-hybridized carbons (Fsp3) is 0.533. The summed E-state index contributed by atoms with van der Waals surface area (Å²) in [7, 11) is 0. The van der Waals surface area contributed by atoms with Crippen molar-refractivity contribution in [1.82, 2.24) is 10.2 Å². The summed E-state index contributed by atoms with van der Waals surface area (Å²) in [5, 5.41) is 2.72. The van der Waals surface area contributed by atoms with Gasteiger partial charge in [0, 0.05) is 18.7 Å². The monoisotopic (exact) mass is 524 g/mol. The topological polar surface area (TPSA) is 86.3 Å². The maximum atomic E-state index is 12.3. The lowest BCUT2D eigenvalue weighted by atomic mass is 9.61. The Morgan fingerprint density at radius 1 is 0.974 bits per heavy atom. The second-order valence-electron chi connectivity index (χ2n) is 11.3. The van der Waals surface area contributed by atoms with Crippen LogP contribution in [-0.2, 0) is 27.4 Å². The van der Waals surface area contributed by atoms with Gasteiger partial charge in [-0.2, -0.15) is 0 Å². The average Bonchev–Trinajstić information content (AvgIpc) is 2.88. The molecule has 0 unspecified atom stereocenters. The van der Waals surface area contributed by atoms with E-state index in [2.05, 4.69) is 5.32 Å². The Hall–Kier alpha value is -3.26. The summed E-state index contributed by atoms with van der Waals surface area (Å²) in [5.41, 5.74) is 1.74. The van der Waals surface area contributed by atoms with Crippen molar-refractivity contribution in [2.24, 2.45) is 5.41 Å². The predicted octanol–water partition coefficient (Wildman–Crippen LogP) is 5.69. The fourth-order valence-electron chi connectivity index (χ4n) is 4.98. The fourth-order valence-corrected chi connectivity index (χ4v) is 4.98. The Morgan fingerprint density at radius 3 is 2.37 bits per heavy atom. The Balaban J connectivity index is 1.13. The second kappa shape index (κ2) is 12.5. The van der Waals surface area contributed by atoms with E-state index in [1.807, 2.05) is 80.3 Å². The molecule has 206 valence electrons. The van der Waals surface area contributed by atoms with Crippen molar-refractivity contribution in [1.29, 1.82) is 0 Å². The molecule has 1 spiro atoms. The van der Waals surface area contributed by atoms with E-state index in [4.69, 9.17) is 18.9 Å². The molecule has 1 saturated heterocycles. The smallest absolute Gasteiger partial charge is 0.410 e. The van der Waals surface area contributed by atoms with Gasteiger partial charge in [0.05, 0.1) is 19.3 Å². The first-order valence-corrected chi connectivity index (χ1v) is 13.5. The van der Waals surface area contributed by atoms with Crippen LogP contribution in [0.4, 0.5) is 9.59 Å². The molecule has 1 heterocycles. The third-order valence-electron chi connectivity index (χ3n) is 7.09. The normalized spacial score (nSPS) is 17.0. The minimum Gasteiger partial charge on any atom is -0.491 e. The molecule has 0 atom stereocenters. The maximum absolute atomic E-state index is 12.3. The molecular formula is C30H40N2O6. The molecule has 1 aliphatic heterocycles. The highest BCUT2D eigenvalue weighted by molar-refractivity contribution is 5.68. The van der Waals surface area contributed by atoms with E-state index in [1.54, 1.807) is 0 Å². The van der Waals surface area contributed by atoms with E-state index >= 15 is 0 Å². The Kier molecular flexibility index (Phi) is 9.15. The van der Waals surface area contributed by atoms with Gasteiger partial charge < -0.3 is 29.2 Å². The van der Waals surface area contributed by atoms with Crippen LogP contribution in [-0.4, -0.2) is 55.0 Å². The third kappa shape index (κ3) is 8.12. The zero-order valence-electron chi connectivity index (χ0n) is 22.7. The van der Waals surface area contributed by atoms with Gasteiger partial charge in [-0.3, -0.25) is 0 Å². The van der Waals surface area contributed by atoms with Crippen LogP contribution < -0.4 is 10.1 Å². The summed E-state index contributed by atoms with van der Waals surface area (Å²) in [6, 6.07) is 17.4. The number of nitrogens with one attached hydrogen (secondary N) is 1. The van der Waals surface area contributed by atoms with Crippen LogP contribution in [0.3, 0.4) is 0 Å². The molecular weight excluding hydrogens is 484 g/mol. The number of hydrogen-bond acceptors (Lipinski definition) is 6. The molecule has 1 saturated carbocycles. The predicted molar refractivity (Wildman–Crippen MR) is 144 cm³/mol. The number of alkyl carbamates (subject to hydrolysis) is 1. The van der Waals surface area contributed by atoms with Crippen molar-refractivity contribution in [3.63, 3.8) is 0 Å². The molecule has 1 aliphatic carbocycles. The number of carbonyl (C=O) groups is 2. The summed E-state index contributed by atoms with van der Waals surface area (Å²) in [6.07, 6.45) is 3.57. The van der Waals surface area contributed by atoms with Crippen molar-refractivity contribution in [2.45, 2.75) is 71.4 Å². The van der Waals surface area contributed by atoms with Crippen LogP contribution in [0.25, 0.3) is 0 Å². The summed E-state index contributed by atoms with van der Waals surface area (Å²) in [5.74, 6) is 0.756. The average molecular weight is 525 g/mol. The first kappa shape index (κ1) is 27.8. The molecule has 1 N–H and O–H groups in total. The van der Waals surface area contributed by atoms with Gasteiger partial charge in [0.15, 0.2) is 0 Å². The zero-order chi connectivity index (χ0) is 27.0. The first-order valence-electron chi connectivity index (χ1n) is 13.5. The maximum Gasteiger partial charge on any atom is 0.410 e. The van der Waals surface area contributed by atoms with Gasteiger partial charge in [-0.25, -0.2) is 9.59 Å². The van der Waals surface area contributed by atoms with E-state index in [1.165, 1.54) is 0 Å². The number of ether oxygens (including phenoxy) is 4. The summed E-state index contributed by atoms with van der Waals surface area (Å²) >= 11 is 0. The minimum absolute atomic E-state index is 0.213.